The molecule has 0 spiro atoms. The molecular formula is C24H18N9P. The average Bonchev–Trinajstić information content (AvgIpc) is 3.69. The van der Waals surface area contributed by atoms with Crippen molar-refractivity contribution in [3.63, 3.8) is 0 Å². The van der Waals surface area contributed by atoms with E-state index >= 15 is 0 Å². The van der Waals surface area contributed by atoms with Crippen LogP contribution in [-0.2, 0) is 0 Å². The molecular weight excluding hydrogens is 445 g/mol. The average molecular weight is 463 g/mol. The summed E-state index contributed by atoms with van der Waals surface area (Å²) in [6.07, 6.45) is 9.70. The Labute approximate surface area is 196 Å². The molecule has 9 nitrogen and oxygen atoms in total. The topological polar surface area (TPSA) is 92.1 Å². The molecule has 34 heavy (non-hydrogen) atoms. The van der Waals surface area contributed by atoms with Gasteiger partial charge in [0.1, 0.15) is 38.0 Å². The fraction of sp³-hybridized carbons (Fsp3) is 0. The summed E-state index contributed by atoms with van der Waals surface area (Å²) in [4.78, 5) is 12.1. The predicted octanol–water partition coefficient (Wildman–Crippen LogP) is 2.19. The van der Waals surface area contributed by atoms with Crippen LogP contribution in [0.25, 0.3) is 17.1 Å². The molecule has 3 aromatic heterocycles. The van der Waals surface area contributed by atoms with Gasteiger partial charge in [-0.1, -0.05) is 36.4 Å². The van der Waals surface area contributed by atoms with Gasteiger partial charge >= 0.3 is 0 Å². The number of hydrogen-bond donors (Lipinski definition) is 0. The third kappa shape index (κ3) is 3.89. The number of aromatic nitrogens is 9. The first-order valence-corrected chi connectivity index (χ1v) is 11.8. The van der Waals surface area contributed by atoms with E-state index in [0.717, 1.165) is 17.1 Å². The van der Waals surface area contributed by atoms with E-state index in [1.165, 1.54) is 34.9 Å². The lowest BCUT2D eigenvalue weighted by Gasteiger charge is -2.20. The van der Waals surface area contributed by atoms with Crippen LogP contribution in [0.4, 0.5) is 0 Å². The standard InChI is InChI=1S/C24H18N9P/c1-7-22(8-2-19(1)31-16-25-13-28-31)34(23-9-3-20(4-10-23)32-17-26-14-29-32)24-11-5-21(6-12-24)33-18-27-15-30-33/h1-18H. The molecule has 0 atom stereocenters. The molecule has 0 saturated heterocycles. The molecule has 0 aliphatic carbocycles. The Kier molecular flexibility index (Phi) is 5.21. The molecule has 164 valence electrons. The van der Waals surface area contributed by atoms with Crippen molar-refractivity contribution in [1.29, 1.82) is 0 Å². The predicted molar refractivity (Wildman–Crippen MR) is 130 cm³/mol. The highest BCUT2D eigenvalue weighted by Gasteiger charge is 2.17. The van der Waals surface area contributed by atoms with E-state index in [0.29, 0.717) is 0 Å². The van der Waals surface area contributed by atoms with Gasteiger partial charge in [-0.05, 0) is 60.2 Å². The van der Waals surface area contributed by atoms with Crippen molar-refractivity contribution < 1.29 is 0 Å². The molecule has 0 bridgehead atoms. The fourth-order valence-electron chi connectivity index (χ4n) is 3.74. The van der Waals surface area contributed by atoms with Crippen molar-refractivity contribution in [1.82, 2.24) is 44.3 Å². The number of nitrogens with zero attached hydrogens (tertiary/aromatic N) is 9. The van der Waals surface area contributed by atoms with Gasteiger partial charge in [-0.2, -0.15) is 15.3 Å². The van der Waals surface area contributed by atoms with Crippen molar-refractivity contribution in [2.75, 3.05) is 0 Å². The third-order valence-corrected chi connectivity index (χ3v) is 7.82. The summed E-state index contributed by atoms with van der Waals surface area (Å²) in [5.41, 5.74) is 2.91. The van der Waals surface area contributed by atoms with Gasteiger partial charge in [-0.25, -0.2) is 29.0 Å². The summed E-state index contributed by atoms with van der Waals surface area (Å²) in [6, 6.07) is 25.5. The van der Waals surface area contributed by atoms with E-state index < -0.39 is 7.92 Å². The molecule has 0 fully saturated rings. The summed E-state index contributed by atoms with van der Waals surface area (Å²) in [7, 11) is -0.791. The maximum absolute atomic E-state index is 4.23. The van der Waals surface area contributed by atoms with Gasteiger partial charge in [0.05, 0.1) is 17.1 Å². The van der Waals surface area contributed by atoms with Crippen molar-refractivity contribution >= 4 is 23.8 Å². The van der Waals surface area contributed by atoms with E-state index in [-0.39, 0.29) is 0 Å². The molecule has 6 aromatic rings. The summed E-state index contributed by atoms with van der Waals surface area (Å²) in [6.45, 7) is 0. The van der Waals surface area contributed by atoms with Gasteiger partial charge in [0.25, 0.3) is 0 Å². The summed E-state index contributed by atoms with van der Waals surface area (Å²) >= 11 is 0. The van der Waals surface area contributed by atoms with E-state index in [2.05, 4.69) is 103 Å². The Morgan fingerprint density at radius 3 is 0.941 bits per heavy atom. The Morgan fingerprint density at radius 1 is 0.412 bits per heavy atom. The maximum Gasteiger partial charge on any atom is 0.138 e. The van der Waals surface area contributed by atoms with Crippen LogP contribution in [0, 0.1) is 0 Å². The molecule has 0 amide bonds. The van der Waals surface area contributed by atoms with Gasteiger partial charge in [-0.15, -0.1) is 0 Å². The van der Waals surface area contributed by atoms with Crippen LogP contribution in [0.5, 0.6) is 0 Å². The van der Waals surface area contributed by atoms with Crippen LogP contribution in [-0.4, -0.2) is 44.3 Å². The first-order valence-electron chi connectivity index (χ1n) is 10.5. The van der Waals surface area contributed by atoms with E-state index in [9.17, 15) is 0 Å². The number of hydrogen-bond acceptors (Lipinski definition) is 6. The van der Waals surface area contributed by atoms with Crippen LogP contribution in [0.2, 0.25) is 0 Å². The maximum atomic E-state index is 4.23. The molecule has 6 rings (SSSR count). The normalized spacial score (nSPS) is 11.2. The molecule has 3 aromatic carbocycles. The second-order valence-electron chi connectivity index (χ2n) is 7.40. The second kappa shape index (κ2) is 8.80. The van der Waals surface area contributed by atoms with Gasteiger partial charge in [0, 0.05) is 0 Å². The molecule has 3 heterocycles. The largest absolute Gasteiger partial charge is 0.223 e. The monoisotopic (exact) mass is 463 g/mol. The summed E-state index contributed by atoms with van der Waals surface area (Å²) < 4.78 is 5.27. The van der Waals surface area contributed by atoms with Crippen LogP contribution in [0.1, 0.15) is 0 Å². The van der Waals surface area contributed by atoms with Crippen LogP contribution in [0.15, 0.2) is 111 Å². The summed E-state index contributed by atoms with van der Waals surface area (Å²) in [5, 5.41) is 16.4. The Bertz CT molecular complexity index is 1270. The number of rotatable bonds is 6. The number of benzene rings is 3. The van der Waals surface area contributed by atoms with E-state index in [1.54, 1.807) is 33.0 Å². The zero-order valence-electron chi connectivity index (χ0n) is 17.9. The minimum atomic E-state index is -0.791. The Morgan fingerprint density at radius 2 is 0.706 bits per heavy atom. The summed E-state index contributed by atoms with van der Waals surface area (Å²) in [5.74, 6) is 0. The second-order valence-corrected chi connectivity index (χ2v) is 9.62. The quantitative estimate of drug-likeness (QED) is 0.352. The van der Waals surface area contributed by atoms with Gasteiger partial charge in [0.15, 0.2) is 0 Å². The van der Waals surface area contributed by atoms with Gasteiger partial charge in [0.2, 0.25) is 0 Å². The fourth-order valence-corrected chi connectivity index (χ4v) is 5.97. The molecule has 10 heteroatoms. The molecule has 0 aliphatic rings. The van der Waals surface area contributed by atoms with Crippen LogP contribution < -0.4 is 15.9 Å². The minimum Gasteiger partial charge on any atom is -0.223 e. The van der Waals surface area contributed by atoms with Crippen molar-refractivity contribution in [3.05, 3.63) is 111 Å². The highest BCUT2D eigenvalue weighted by Crippen LogP contribution is 2.33. The Hall–Kier alpha value is -4.49. The molecule has 0 aliphatic heterocycles. The lowest BCUT2D eigenvalue weighted by molar-refractivity contribution is 0.879. The van der Waals surface area contributed by atoms with Gasteiger partial charge in [-0.3, -0.25) is 0 Å². The van der Waals surface area contributed by atoms with Gasteiger partial charge < -0.3 is 0 Å². The molecule has 0 N–H and O–H groups in total. The highest BCUT2D eigenvalue weighted by molar-refractivity contribution is 7.79. The van der Waals surface area contributed by atoms with E-state index in [1.807, 2.05) is 0 Å². The first-order chi connectivity index (χ1) is 16.8. The minimum absolute atomic E-state index is 0.791. The first kappa shape index (κ1) is 20.1. The third-order valence-electron chi connectivity index (χ3n) is 5.37. The zero-order chi connectivity index (χ0) is 22.7. The van der Waals surface area contributed by atoms with Crippen molar-refractivity contribution in [3.8, 4) is 17.1 Å². The smallest absolute Gasteiger partial charge is 0.138 e. The van der Waals surface area contributed by atoms with Crippen LogP contribution in [0.3, 0.4) is 0 Å². The SMILES string of the molecule is c1ncn(-c2ccc(P(c3ccc(-n4cncn4)cc3)c3ccc(-n4cncn4)cc3)cc2)n1. The van der Waals surface area contributed by atoms with Crippen molar-refractivity contribution in [2.24, 2.45) is 0 Å². The lowest BCUT2D eigenvalue weighted by atomic mass is 10.3. The lowest BCUT2D eigenvalue weighted by Crippen LogP contribution is -2.21. The van der Waals surface area contributed by atoms with E-state index in [4.69, 9.17) is 0 Å². The van der Waals surface area contributed by atoms with Crippen molar-refractivity contribution in [2.45, 2.75) is 0 Å². The molecule has 0 radical (unpaired) electrons. The Balaban J connectivity index is 1.39. The zero-order valence-corrected chi connectivity index (χ0v) is 18.8. The highest BCUT2D eigenvalue weighted by atomic mass is 31.1. The molecule has 0 saturated carbocycles. The molecule has 0 unspecified atom stereocenters. The van der Waals surface area contributed by atoms with Crippen LogP contribution >= 0.6 is 7.92 Å².